The summed E-state index contributed by atoms with van der Waals surface area (Å²) in [4.78, 5) is 32.8. The predicted molar refractivity (Wildman–Crippen MR) is 143 cm³/mol. The summed E-state index contributed by atoms with van der Waals surface area (Å²) in [5.74, 6) is -1.21. The molecule has 5 rings (SSSR count). The van der Waals surface area contributed by atoms with Gasteiger partial charge in [-0.3, -0.25) is 14.5 Å². The van der Waals surface area contributed by atoms with Crippen molar-refractivity contribution in [3.05, 3.63) is 94.0 Å². The van der Waals surface area contributed by atoms with E-state index in [0.717, 1.165) is 16.7 Å². The molecule has 8 heteroatoms. The van der Waals surface area contributed by atoms with E-state index in [1.54, 1.807) is 42.5 Å². The molecule has 1 saturated heterocycles. The Bertz CT molecular complexity index is 1510. The molecule has 1 atom stereocenters. The minimum atomic E-state index is -0.845. The molecule has 4 aromatic rings. The van der Waals surface area contributed by atoms with Gasteiger partial charge in [0.15, 0.2) is 5.13 Å². The maximum absolute atomic E-state index is 13.4. The van der Waals surface area contributed by atoms with Gasteiger partial charge in [0.2, 0.25) is 0 Å². The van der Waals surface area contributed by atoms with Gasteiger partial charge in [0.1, 0.15) is 11.5 Å². The van der Waals surface area contributed by atoms with Crippen LogP contribution in [0.4, 0.5) is 5.13 Å². The van der Waals surface area contributed by atoms with Crippen molar-refractivity contribution in [2.45, 2.75) is 26.3 Å². The summed E-state index contributed by atoms with van der Waals surface area (Å²) in [5, 5.41) is 12.3. The molecule has 1 aliphatic heterocycles. The SMILES string of the molecule is CCOc1cccc(C(O)=C2C(=O)C(=O)N(c3nc4ccc(Cl)cc4s3)C2c2ccc(CC)cc2)c1. The highest BCUT2D eigenvalue weighted by atomic mass is 35.5. The number of fused-ring (bicyclic) bond motifs is 1. The number of amides is 1. The van der Waals surface area contributed by atoms with Gasteiger partial charge in [-0.05, 0) is 54.8 Å². The molecule has 182 valence electrons. The minimum absolute atomic E-state index is 0.00943. The lowest BCUT2D eigenvalue weighted by Crippen LogP contribution is -2.29. The van der Waals surface area contributed by atoms with Crippen LogP contribution in [-0.4, -0.2) is 28.4 Å². The molecule has 1 amide bonds. The summed E-state index contributed by atoms with van der Waals surface area (Å²) in [7, 11) is 0. The Labute approximate surface area is 217 Å². The first-order chi connectivity index (χ1) is 17.4. The van der Waals surface area contributed by atoms with Crippen molar-refractivity contribution in [1.82, 2.24) is 4.98 Å². The number of ether oxygens (including phenoxy) is 1. The molecule has 0 spiro atoms. The predicted octanol–water partition coefficient (Wildman–Crippen LogP) is 6.54. The van der Waals surface area contributed by atoms with Gasteiger partial charge >= 0.3 is 5.91 Å². The maximum atomic E-state index is 13.4. The van der Waals surface area contributed by atoms with Crippen LogP contribution in [0, 0.1) is 0 Å². The second-order valence-electron chi connectivity index (χ2n) is 8.33. The van der Waals surface area contributed by atoms with Crippen LogP contribution in [0.15, 0.2) is 72.3 Å². The average Bonchev–Trinajstić information content (AvgIpc) is 3.41. The Morgan fingerprint density at radius 3 is 2.58 bits per heavy atom. The fraction of sp³-hybridized carbons (Fsp3) is 0.179. The third kappa shape index (κ3) is 4.25. The first kappa shape index (κ1) is 24.0. The largest absolute Gasteiger partial charge is 0.507 e. The molecule has 0 bridgehead atoms. The number of aliphatic hydroxyl groups excluding tert-OH is 1. The van der Waals surface area contributed by atoms with E-state index in [-0.39, 0.29) is 11.3 Å². The van der Waals surface area contributed by atoms with E-state index in [1.807, 2.05) is 31.2 Å². The lowest BCUT2D eigenvalue weighted by molar-refractivity contribution is -0.132. The Kier molecular flexibility index (Phi) is 6.51. The molecule has 0 saturated carbocycles. The number of halogens is 1. The lowest BCUT2D eigenvalue weighted by Gasteiger charge is -2.23. The highest BCUT2D eigenvalue weighted by Gasteiger charge is 2.48. The van der Waals surface area contributed by atoms with Crippen molar-refractivity contribution in [2.24, 2.45) is 0 Å². The van der Waals surface area contributed by atoms with Crippen LogP contribution in [0.1, 0.15) is 36.6 Å². The number of carbonyl (C=O) groups is 2. The molecular weight excluding hydrogens is 496 g/mol. The summed E-state index contributed by atoms with van der Waals surface area (Å²) in [6.07, 6.45) is 0.851. The molecule has 1 fully saturated rings. The van der Waals surface area contributed by atoms with E-state index in [0.29, 0.717) is 39.2 Å². The zero-order valence-electron chi connectivity index (χ0n) is 19.7. The van der Waals surface area contributed by atoms with Crippen LogP contribution in [0.25, 0.3) is 16.0 Å². The van der Waals surface area contributed by atoms with Gasteiger partial charge in [-0.2, -0.15) is 0 Å². The second kappa shape index (κ2) is 9.76. The van der Waals surface area contributed by atoms with Crippen LogP contribution in [0.5, 0.6) is 5.75 Å². The number of hydrogen-bond acceptors (Lipinski definition) is 6. The van der Waals surface area contributed by atoms with Crippen LogP contribution >= 0.6 is 22.9 Å². The average molecular weight is 519 g/mol. The Morgan fingerprint density at radius 1 is 1.08 bits per heavy atom. The number of thiazole rings is 1. The normalized spacial score (nSPS) is 17.2. The number of anilines is 1. The number of aromatic nitrogens is 1. The van der Waals surface area contributed by atoms with Crippen molar-refractivity contribution in [3.63, 3.8) is 0 Å². The van der Waals surface area contributed by atoms with Crippen LogP contribution < -0.4 is 9.64 Å². The lowest BCUT2D eigenvalue weighted by atomic mass is 9.94. The number of ketones is 1. The monoisotopic (exact) mass is 518 g/mol. The third-order valence-electron chi connectivity index (χ3n) is 6.11. The first-order valence-corrected chi connectivity index (χ1v) is 12.8. The second-order valence-corrected chi connectivity index (χ2v) is 9.78. The standard InChI is InChI=1S/C28H23ClN2O4S/c1-3-16-8-10-17(11-9-16)24-23(25(32)18-6-5-7-20(14-18)35-4-2)26(33)27(34)31(24)28-30-21-13-12-19(29)15-22(21)36-28/h5-15,24,32H,3-4H2,1-2H3. The zero-order chi connectivity index (χ0) is 25.4. The van der Waals surface area contributed by atoms with E-state index in [2.05, 4.69) is 11.9 Å². The number of carbonyl (C=O) groups excluding carboxylic acids is 2. The smallest absolute Gasteiger partial charge is 0.301 e. The van der Waals surface area contributed by atoms with Crippen molar-refractivity contribution in [2.75, 3.05) is 11.5 Å². The third-order valence-corrected chi connectivity index (χ3v) is 7.36. The quantitative estimate of drug-likeness (QED) is 0.178. The minimum Gasteiger partial charge on any atom is -0.507 e. The highest BCUT2D eigenvalue weighted by Crippen LogP contribution is 2.44. The van der Waals surface area contributed by atoms with E-state index < -0.39 is 17.7 Å². The highest BCUT2D eigenvalue weighted by molar-refractivity contribution is 7.22. The molecule has 1 unspecified atom stereocenters. The number of aliphatic hydroxyl groups is 1. The summed E-state index contributed by atoms with van der Waals surface area (Å²) in [6.45, 7) is 4.38. The zero-order valence-corrected chi connectivity index (χ0v) is 21.3. The van der Waals surface area contributed by atoms with Gasteiger partial charge < -0.3 is 9.84 Å². The van der Waals surface area contributed by atoms with Gasteiger partial charge in [-0.25, -0.2) is 4.98 Å². The number of hydrogen-bond donors (Lipinski definition) is 1. The van der Waals surface area contributed by atoms with Crippen molar-refractivity contribution in [1.29, 1.82) is 0 Å². The van der Waals surface area contributed by atoms with Gasteiger partial charge in [0.05, 0.1) is 28.4 Å². The van der Waals surface area contributed by atoms with Crippen molar-refractivity contribution < 1.29 is 19.4 Å². The fourth-order valence-corrected chi connectivity index (χ4v) is 5.59. The number of rotatable bonds is 6. The van der Waals surface area contributed by atoms with Gasteiger partial charge in [-0.15, -0.1) is 0 Å². The van der Waals surface area contributed by atoms with E-state index in [9.17, 15) is 14.7 Å². The van der Waals surface area contributed by atoms with Crippen LogP contribution in [0.3, 0.4) is 0 Å². The molecule has 6 nitrogen and oxygen atoms in total. The first-order valence-electron chi connectivity index (χ1n) is 11.6. The number of Topliss-reactive ketones (excluding diaryl/α,β-unsaturated/α-hetero) is 1. The molecule has 2 heterocycles. The topological polar surface area (TPSA) is 79.7 Å². The molecule has 1 aliphatic rings. The molecule has 0 radical (unpaired) electrons. The number of benzene rings is 3. The Morgan fingerprint density at radius 2 is 1.86 bits per heavy atom. The van der Waals surface area contributed by atoms with Crippen LogP contribution in [0.2, 0.25) is 5.02 Å². The molecule has 36 heavy (non-hydrogen) atoms. The van der Waals surface area contributed by atoms with Gasteiger partial charge in [0.25, 0.3) is 5.78 Å². The number of aryl methyl sites for hydroxylation is 1. The molecule has 0 aliphatic carbocycles. The summed E-state index contributed by atoms with van der Waals surface area (Å²) in [5.41, 5.74) is 2.90. The maximum Gasteiger partial charge on any atom is 0.301 e. The molecule has 1 aromatic heterocycles. The van der Waals surface area contributed by atoms with Gasteiger partial charge in [-0.1, -0.05) is 66.3 Å². The molecule has 1 N–H and O–H groups in total. The van der Waals surface area contributed by atoms with E-state index >= 15 is 0 Å². The Balaban J connectivity index is 1.70. The van der Waals surface area contributed by atoms with E-state index in [4.69, 9.17) is 16.3 Å². The van der Waals surface area contributed by atoms with Crippen molar-refractivity contribution >= 4 is 55.7 Å². The van der Waals surface area contributed by atoms with Crippen LogP contribution in [-0.2, 0) is 16.0 Å². The molecular formula is C28H23ClN2O4S. The summed E-state index contributed by atoms with van der Waals surface area (Å²) >= 11 is 7.43. The van der Waals surface area contributed by atoms with Gasteiger partial charge in [0, 0.05) is 10.6 Å². The summed E-state index contributed by atoms with van der Waals surface area (Å²) < 4.78 is 6.36. The molecule has 3 aromatic carbocycles. The number of nitrogens with zero attached hydrogens (tertiary/aromatic N) is 2. The van der Waals surface area contributed by atoms with E-state index in [1.165, 1.54) is 16.2 Å². The fourth-order valence-electron chi connectivity index (χ4n) is 4.33. The Hall–Kier alpha value is -3.68. The van der Waals surface area contributed by atoms with Crippen molar-refractivity contribution in [3.8, 4) is 5.75 Å². The summed E-state index contributed by atoms with van der Waals surface area (Å²) in [6, 6.07) is 19.0.